The van der Waals surface area contributed by atoms with E-state index >= 15 is 0 Å². The van der Waals surface area contributed by atoms with Crippen LogP contribution in [0.15, 0.2) is 18.2 Å². The second-order valence-electron chi connectivity index (χ2n) is 4.13. The Morgan fingerprint density at radius 2 is 2.07 bits per heavy atom. The molecule has 0 aromatic heterocycles. The van der Waals surface area contributed by atoms with Gasteiger partial charge in [-0.2, -0.15) is 0 Å². The van der Waals surface area contributed by atoms with Crippen LogP contribution in [0.3, 0.4) is 0 Å². The van der Waals surface area contributed by atoms with Gasteiger partial charge in [0.15, 0.2) is 0 Å². The molecule has 0 saturated carbocycles. The maximum atomic E-state index is 12.9. The molecule has 78 valence electrons. The Morgan fingerprint density at radius 3 is 2.64 bits per heavy atom. The smallest absolute Gasteiger partial charge is 0.125 e. The van der Waals surface area contributed by atoms with E-state index in [1.165, 1.54) is 12.1 Å². The highest BCUT2D eigenvalue weighted by molar-refractivity contribution is 5.50. The van der Waals surface area contributed by atoms with Gasteiger partial charge in [0.1, 0.15) is 5.82 Å². The zero-order valence-corrected chi connectivity index (χ0v) is 8.76. The number of halogens is 1. The maximum absolute atomic E-state index is 12.9. The summed E-state index contributed by atoms with van der Waals surface area (Å²) >= 11 is 0. The van der Waals surface area contributed by atoms with Gasteiger partial charge in [-0.3, -0.25) is 0 Å². The SMILES string of the molecule is Cc1ccc(F)cc1NCC(C)(C)O. The Morgan fingerprint density at radius 1 is 1.43 bits per heavy atom. The van der Waals surface area contributed by atoms with Gasteiger partial charge in [0, 0.05) is 12.2 Å². The average molecular weight is 197 g/mol. The molecule has 3 heteroatoms. The van der Waals surface area contributed by atoms with Crippen LogP contribution in [0.2, 0.25) is 0 Å². The Kier molecular flexibility index (Phi) is 3.11. The van der Waals surface area contributed by atoms with Crippen molar-refractivity contribution >= 4 is 5.69 Å². The second-order valence-corrected chi connectivity index (χ2v) is 4.13. The fourth-order valence-electron chi connectivity index (χ4n) is 1.10. The first-order valence-electron chi connectivity index (χ1n) is 4.61. The van der Waals surface area contributed by atoms with Crippen molar-refractivity contribution in [2.75, 3.05) is 11.9 Å². The van der Waals surface area contributed by atoms with Crippen molar-refractivity contribution in [1.29, 1.82) is 0 Å². The van der Waals surface area contributed by atoms with Gasteiger partial charge < -0.3 is 10.4 Å². The van der Waals surface area contributed by atoms with E-state index in [-0.39, 0.29) is 5.82 Å². The molecule has 0 radical (unpaired) electrons. The molecular formula is C11H16FNO. The molecule has 0 saturated heterocycles. The van der Waals surface area contributed by atoms with Crippen molar-refractivity contribution in [3.63, 3.8) is 0 Å². The highest BCUT2D eigenvalue weighted by Crippen LogP contribution is 2.16. The average Bonchev–Trinajstić information content (AvgIpc) is 2.05. The van der Waals surface area contributed by atoms with Crippen LogP contribution in [-0.4, -0.2) is 17.3 Å². The maximum Gasteiger partial charge on any atom is 0.125 e. The molecule has 0 aliphatic rings. The molecular weight excluding hydrogens is 181 g/mol. The van der Waals surface area contributed by atoms with Gasteiger partial charge in [0.05, 0.1) is 5.60 Å². The molecule has 0 aliphatic heterocycles. The molecule has 0 atom stereocenters. The summed E-state index contributed by atoms with van der Waals surface area (Å²) < 4.78 is 12.9. The van der Waals surface area contributed by atoms with E-state index in [0.29, 0.717) is 6.54 Å². The minimum absolute atomic E-state index is 0.270. The first kappa shape index (κ1) is 11.0. The second kappa shape index (κ2) is 3.96. The predicted octanol–water partition coefficient (Wildman–Crippen LogP) is 2.32. The van der Waals surface area contributed by atoms with Crippen LogP contribution in [0.1, 0.15) is 19.4 Å². The molecule has 0 spiro atoms. The lowest BCUT2D eigenvalue weighted by molar-refractivity contribution is 0.0945. The Balaban J connectivity index is 2.72. The Labute approximate surface area is 83.8 Å². The molecule has 0 bridgehead atoms. The molecule has 2 nitrogen and oxygen atoms in total. The van der Waals surface area contributed by atoms with E-state index in [1.807, 2.05) is 6.92 Å². The van der Waals surface area contributed by atoms with Crippen LogP contribution in [0.4, 0.5) is 10.1 Å². The number of benzene rings is 1. The van der Waals surface area contributed by atoms with E-state index in [4.69, 9.17) is 0 Å². The predicted molar refractivity (Wildman–Crippen MR) is 55.9 cm³/mol. The number of anilines is 1. The number of hydrogen-bond acceptors (Lipinski definition) is 2. The third kappa shape index (κ3) is 3.34. The van der Waals surface area contributed by atoms with Gasteiger partial charge in [-0.25, -0.2) is 4.39 Å². The molecule has 14 heavy (non-hydrogen) atoms. The number of aryl methyl sites for hydroxylation is 1. The van der Waals surface area contributed by atoms with Crippen molar-refractivity contribution in [3.8, 4) is 0 Å². The normalized spacial score (nSPS) is 11.5. The monoisotopic (exact) mass is 197 g/mol. The Hall–Kier alpha value is -1.09. The van der Waals surface area contributed by atoms with E-state index < -0.39 is 5.60 Å². The van der Waals surface area contributed by atoms with Gasteiger partial charge in [-0.05, 0) is 38.5 Å². The van der Waals surface area contributed by atoms with Crippen LogP contribution < -0.4 is 5.32 Å². The van der Waals surface area contributed by atoms with Gasteiger partial charge in [-0.1, -0.05) is 6.07 Å². The van der Waals surface area contributed by atoms with Crippen molar-refractivity contribution in [2.45, 2.75) is 26.4 Å². The van der Waals surface area contributed by atoms with E-state index in [9.17, 15) is 9.50 Å². The summed E-state index contributed by atoms with van der Waals surface area (Å²) in [6.45, 7) is 5.70. The van der Waals surface area contributed by atoms with E-state index in [1.54, 1.807) is 19.9 Å². The molecule has 1 aromatic rings. The first-order valence-corrected chi connectivity index (χ1v) is 4.61. The topological polar surface area (TPSA) is 32.3 Å². The molecule has 0 unspecified atom stereocenters. The number of hydrogen-bond donors (Lipinski definition) is 2. The van der Waals surface area contributed by atoms with Crippen molar-refractivity contribution < 1.29 is 9.50 Å². The number of nitrogens with one attached hydrogen (secondary N) is 1. The molecule has 0 fully saturated rings. The van der Waals surface area contributed by atoms with Gasteiger partial charge >= 0.3 is 0 Å². The number of aliphatic hydroxyl groups is 1. The fourth-order valence-corrected chi connectivity index (χ4v) is 1.10. The summed E-state index contributed by atoms with van der Waals surface area (Å²) in [4.78, 5) is 0. The summed E-state index contributed by atoms with van der Waals surface area (Å²) in [5, 5.41) is 12.5. The van der Waals surface area contributed by atoms with E-state index in [2.05, 4.69) is 5.32 Å². The van der Waals surface area contributed by atoms with Crippen LogP contribution in [-0.2, 0) is 0 Å². The minimum Gasteiger partial charge on any atom is -0.389 e. The van der Waals surface area contributed by atoms with Crippen LogP contribution >= 0.6 is 0 Å². The largest absolute Gasteiger partial charge is 0.389 e. The molecule has 0 aliphatic carbocycles. The zero-order chi connectivity index (χ0) is 10.8. The highest BCUT2D eigenvalue weighted by Gasteiger charge is 2.12. The molecule has 2 N–H and O–H groups in total. The van der Waals surface area contributed by atoms with Crippen LogP contribution in [0.5, 0.6) is 0 Å². The summed E-state index contributed by atoms with van der Waals surface area (Å²) in [6.07, 6.45) is 0. The van der Waals surface area contributed by atoms with Gasteiger partial charge in [0.2, 0.25) is 0 Å². The standard InChI is InChI=1S/C11H16FNO/c1-8-4-5-9(12)6-10(8)13-7-11(2,3)14/h4-6,13-14H,7H2,1-3H3. The van der Waals surface area contributed by atoms with Gasteiger partial charge in [-0.15, -0.1) is 0 Å². The lowest BCUT2D eigenvalue weighted by Gasteiger charge is -2.19. The van der Waals surface area contributed by atoms with Gasteiger partial charge in [0.25, 0.3) is 0 Å². The summed E-state index contributed by atoms with van der Waals surface area (Å²) in [5.41, 5.74) is 0.904. The Bertz CT molecular complexity index is 318. The molecule has 1 rings (SSSR count). The quantitative estimate of drug-likeness (QED) is 0.779. The molecule has 0 amide bonds. The summed E-state index contributed by atoms with van der Waals surface area (Å²) in [6, 6.07) is 4.56. The summed E-state index contributed by atoms with van der Waals surface area (Å²) in [5.74, 6) is -0.270. The lowest BCUT2D eigenvalue weighted by Crippen LogP contribution is -2.29. The van der Waals surface area contributed by atoms with Crippen molar-refractivity contribution in [3.05, 3.63) is 29.6 Å². The van der Waals surface area contributed by atoms with Crippen LogP contribution in [0.25, 0.3) is 0 Å². The fraction of sp³-hybridized carbons (Fsp3) is 0.455. The first-order chi connectivity index (χ1) is 6.38. The van der Waals surface area contributed by atoms with Crippen molar-refractivity contribution in [1.82, 2.24) is 0 Å². The van der Waals surface area contributed by atoms with Crippen LogP contribution in [0, 0.1) is 12.7 Å². The van der Waals surface area contributed by atoms with E-state index in [0.717, 1.165) is 11.3 Å². The van der Waals surface area contributed by atoms with Crippen molar-refractivity contribution in [2.24, 2.45) is 0 Å². The highest BCUT2D eigenvalue weighted by atomic mass is 19.1. The molecule has 1 aromatic carbocycles. The molecule has 0 heterocycles. The third-order valence-corrected chi connectivity index (χ3v) is 1.91. The third-order valence-electron chi connectivity index (χ3n) is 1.91. The lowest BCUT2D eigenvalue weighted by atomic mass is 10.1. The number of rotatable bonds is 3. The zero-order valence-electron chi connectivity index (χ0n) is 8.76. The minimum atomic E-state index is -0.793. The summed E-state index contributed by atoms with van der Waals surface area (Å²) in [7, 11) is 0.